The average molecular weight is 549 g/mol. The highest BCUT2D eigenvalue weighted by molar-refractivity contribution is 5.81. The van der Waals surface area contributed by atoms with Gasteiger partial charge < -0.3 is 25.3 Å². The molecule has 39 heavy (non-hydrogen) atoms. The maximum absolute atomic E-state index is 10.4. The zero-order valence-corrected chi connectivity index (χ0v) is 22.4. The van der Waals surface area contributed by atoms with Crippen LogP contribution in [0.4, 0.5) is 24.5 Å². The summed E-state index contributed by atoms with van der Waals surface area (Å²) in [6, 6.07) is 20.0. The molecule has 0 saturated carbocycles. The lowest BCUT2D eigenvalue weighted by atomic mass is 10.2. The van der Waals surface area contributed by atoms with Crippen molar-refractivity contribution in [3.05, 3.63) is 73.1 Å². The summed E-state index contributed by atoms with van der Waals surface area (Å²) in [6.07, 6.45) is -2.20. The van der Waals surface area contributed by atoms with Crippen LogP contribution in [0.1, 0.15) is 20.8 Å². The summed E-state index contributed by atoms with van der Waals surface area (Å²) < 4.78 is 46.5. The van der Waals surface area contributed by atoms with E-state index in [-0.39, 0.29) is 0 Å². The van der Waals surface area contributed by atoms with Gasteiger partial charge in [-0.05, 0) is 45.0 Å². The van der Waals surface area contributed by atoms with Crippen LogP contribution in [-0.4, -0.2) is 55.8 Å². The number of halogens is 3. The molecule has 0 aliphatic heterocycles. The van der Waals surface area contributed by atoms with Gasteiger partial charge in [-0.1, -0.05) is 36.4 Å². The molecular formula is C28H35F3N4O4. The number of hydrogen-bond donors (Lipinski definition) is 2. The number of fused-ring (bicyclic) bond motifs is 2. The molecule has 0 aliphatic carbocycles. The fourth-order valence-corrected chi connectivity index (χ4v) is 2.85. The van der Waals surface area contributed by atoms with Crippen molar-refractivity contribution < 1.29 is 32.2 Å². The zero-order chi connectivity index (χ0) is 29.1. The molecule has 4 aromatic rings. The topological polar surface area (TPSA) is 109 Å². The lowest BCUT2D eigenvalue weighted by Crippen LogP contribution is -2.20. The van der Waals surface area contributed by atoms with Gasteiger partial charge in [-0.25, -0.2) is 0 Å². The first kappa shape index (κ1) is 33.2. The van der Waals surface area contributed by atoms with E-state index in [1.54, 1.807) is 6.20 Å². The highest BCUT2D eigenvalue weighted by Gasteiger charge is 2.24. The van der Waals surface area contributed by atoms with E-state index in [1.807, 2.05) is 82.5 Å². The molecule has 8 nitrogen and oxygen atoms in total. The third-order valence-corrected chi connectivity index (χ3v) is 4.53. The Morgan fingerprint density at radius 2 is 1.28 bits per heavy atom. The molecule has 11 heteroatoms. The number of nitrogens with one attached hydrogen (secondary N) is 1. The summed E-state index contributed by atoms with van der Waals surface area (Å²) in [6.45, 7) is 7.10. The number of carbonyl (C=O) groups excluding carboxylic acids is 1. The number of para-hydroxylation sites is 2. The molecule has 0 bridgehead atoms. The predicted molar refractivity (Wildman–Crippen MR) is 148 cm³/mol. The third-order valence-electron chi connectivity index (χ3n) is 4.53. The van der Waals surface area contributed by atoms with Gasteiger partial charge in [0.1, 0.15) is 0 Å². The van der Waals surface area contributed by atoms with E-state index in [4.69, 9.17) is 24.7 Å². The predicted octanol–water partition coefficient (Wildman–Crippen LogP) is 6.22. The summed E-state index contributed by atoms with van der Waals surface area (Å²) in [5.74, 6) is 0. The van der Waals surface area contributed by atoms with E-state index >= 15 is 0 Å². The molecule has 0 atom stereocenters. The number of rotatable bonds is 7. The number of aldehydes is 1. The van der Waals surface area contributed by atoms with Crippen molar-refractivity contribution >= 4 is 39.5 Å². The number of hydrogen-bond acceptors (Lipinski definition) is 8. The number of anilines is 2. The molecule has 0 aliphatic rings. The van der Waals surface area contributed by atoms with Gasteiger partial charge in [0.15, 0.2) is 0 Å². The van der Waals surface area contributed by atoms with E-state index in [9.17, 15) is 13.2 Å². The van der Waals surface area contributed by atoms with Crippen LogP contribution < -0.4 is 11.1 Å². The first-order valence-corrected chi connectivity index (χ1v) is 12.2. The number of alkyl halides is 3. The quantitative estimate of drug-likeness (QED) is 0.207. The Labute approximate surface area is 226 Å². The van der Waals surface area contributed by atoms with Crippen LogP contribution in [0.3, 0.4) is 0 Å². The molecule has 0 fully saturated rings. The van der Waals surface area contributed by atoms with Crippen molar-refractivity contribution in [2.75, 3.05) is 37.9 Å². The van der Waals surface area contributed by atoms with Crippen LogP contribution in [0.5, 0.6) is 0 Å². The number of benzene rings is 2. The maximum Gasteiger partial charge on any atom is 0.446 e. The monoisotopic (exact) mass is 548 g/mol. The molecule has 2 heterocycles. The fourth-order valence-electron chi connectivity index (χ4n) is 2.85. The van der Waals surface area contributed by atoms with Crippen LogP contribution in [0.2, 0.25) is 0 Å². The summed E-state index contributed by atoms with van der Waals surface area (Å²) >= 11 is 0. The second-order valence-electron chi connectivity index (χ2n) is 7.44. The van der Waals surface area contributed by atoms with Crippen molar-refractivity contribution in [3.63, 3.8) is 0 Å². The Morgan fingerprint density at radius 3 is 1.72 bits per heavy atom. The van der Waals surface area contributed by atoms with Gasteiger partial charge >= 0.3 is 6.18 Å². The number of pyridine rings is 2. The number of nitrogens with two attached hydrogens (primary N) is 1. The fraction of sp³-hybridized carbons (Fsp3) is 0.321. The normalized spacial score (nSPS) is 10.5. The minimum absolute atomic E-state index is 0.472. The first-order chi connectivity index (χ1) is 18.7. The van der Waals surface area contributed by atoms with Crippen LogP contribution in [-0.2, 0) is 19.0 Å². The van der Waals surface area contributed by atoms with Gasteiger partial charge in [0, 0.05) is 37.6 Å². The lowest BCUT2D eigenvalue weighted by molar-refractivity contribution is -0.282. The van der Waals surface area contributed by atoms with Crippen LogP contribution in [0, 0.1) is 0 Å². The molecule has 2 aromatic carbocycles. The van der Waals surface area contributed by atoms with Gasteiger partial charge in [-0.15, -0.1) is 0 Å². The maximum atomic E-state index is 10.4. The van der Waals surface area contributed by atoms with E-state index in [2.05, 4.69) is 27.4 Å². The van der Waals surface area contributed by atoms with Crippen molar-refractivity contribution in [3.8, 4) is 0 Å². The molecule has 0 radical (unpaired) electrons. The van der Waals surface area contributed by atoms with Gasteiger partial charge in [0.05, 0.1) is 34.8 Å². The highest BCUT2D eigenvalue weighted by atomic mass is 19.4. The number of ether oxygens (including phenoxy) is 3. The Bertz CT molecular complexity index is 1230. The third kappa shape index (κ3) is 14.1. The standard InChI is InChI=1S/C10H10N2.C9H8N2.C7H16O3.C2HF3O/c1-11-9-6-8-4-2-3-5-10(8)12-7-9;10-8-5-7-3-1-2-4-9(7)11-6-8;1-4-8-7(9-5-2)10-6-3;3-2(4,5)1-6/h2-7,11H,1H3;1-6H,10H2;7H,4-6H2,1-3H3;1H. The lowest BCUT2D eigenvalue weighted by Gasteiger charge is -2.15. The summed E-state index contributed by atoms with van der Waals surface area (Å²) in [5, 5.41) is 5.32. The van der Waals surface area contributed by atoms with Crippen molar-refractivity contribution in [1.82, 2.24) is 9.97 Å². The first-order valence-electron chi connectivity index (χ1n) is 12.2. The van der Waals surface area contributed by atoms with E-state index < -0.39 is 18.9 Å². The summed E-state index contributed by atoms with van der Waals surface area (Å²) in [4.78, 5) is 17.1. The number of carbonyl (C=O) groups is 1. The van der Waals surface area contributed by atoms with Crippen LogP contribution in [0.25, 0.3) is 21.8 Å². The second kappa shape index (κ2) is 18.5. The minimum atomic E-state index is -4.64. The van der Waals surface area contributed by atoms with E-state index in [1.165, 1.54) is 5.39 Å². The van der Waals surface area contributed by atoms with Crippen molar-refractivity contribution in [2.24, 2.45) is 0 Å². The average Bonchev–Trinajstić information content (AvgIpc) is 2.94. The molecule has 0 amide bonds. The summed E-state index contributed by atoms with van der Waals surface area (Å²) in [5.41, 5.74) is 9.35. The number of aromatic nitrogens is 2. The smallest absolute Gasteiger partial charge is 0.397 e. The van der Waals surface area contributed by atoms with Crippen LogP contribution in [0.15, 0.2) is 73.1 Å². The Hall–Kier alpha value is -3.80. The Kier molecular flexibility index (Phi) is 15.7. The number of nitrogens with zero attached hydrogens (tertiary/aromatic N) is 2. The minimum Gasteiger partial charge on any atom is -0.397 e. The molecule has 0 spiro atoms. The molecule has 0 saturated heterocycles. The molecule has 212 valence electrons. The van der Waals surface area contributed by atoms with Gasteiger partial charge in [-0.3, -0.25) is 14.8 Å². The van der Waals surface area contributed by atoms with Crippen molar-refractivity contribution in [2.45, 2.75) is 33.4 Å². The van der Waals surface area contributed by atoms with E-state index in [0.717, 1.165) is 22.1 Å². The highest BCUT2D eigenvalue weighted by Crippen LogP contribution is 2.15. The Balaban J connectivity index is 0.000000268. The van der Waals surface area contributed by atoms with Gasteiger partial charge in [-0.2, -0.15) is 13.2 Å². The van der Waals surface area contributed by atoms with E-state index in [0.29, 0.717) is 25.5 Å². The second-order valence-corrected chi connectivity index (χ2v) is 7.44. The van der Waals surface area contributed by atoms with Gasteiger partial charge in [0.25, 0.3) is 6.48 Å². The largest absolute Gasteiger partial charge is 0.446 e. The van der Waals surface area contributed by atoms with Crippen LogP contribution >= 0.6 is 0 Å². The molecular weight excluding hydrogens is 513 g/mol. The molecule has 4 rings (SSSR count). The molecule has 0 unspecified atom stereocenters. The van der Waals surface area contributed by atoms with Crippen molar-refractivity contribution in [1.29, 1.82) is 0 Å². The number of nitrogen functional groups attached to an aromatic ring is 1. The zero-order valence-electron chi connectivity index (χ0n) is 22.4. The van der Waals surface area contributed by atoms with Gasteiger partial charge in [0.2, 0.25) is 6.29 Å². The summed E-state index contributed by atoms with van der Waals surface area (Å²) in [7, 11) is 1.89. The Morgan fingerprint density at radius 1 is 0.846 bits per heavy atom. The molecule has 2 aromatic heterocycles. The SMILES string of the molecule is CCOC(OCC)OCC.CNc1cnc2ccccc2c1.Nc1cnc2ccccc2c1.O=CC(F)(F)F. The molecule has 3 N–H and O–H groups in total.